The summed E-state index contributed by atoms with van der Waals surface area (Å²) in [5, 5.41) is 16.0. The minimum atomic E-state index is -4.64. The maximum atomic E-state index is 13.6. The van der Waals surface area contributed by atoms with Crippen molar-refractivity contribution in [3.8, 4) is 0 Å². The van der Waals surface area contributed by atoms with Crippen molar-refractivity contribution in [3.63, 3.8) is 0 Å². The van der Waals surface area contributed by atoms with Crippen LogP contribution in [-0.4, -0.2) is 17.2 Å². The summed E-state index contributed by atoms with van der Waals surface area (Å²) in [6.07, 6.45) is -5.58. The van der Waals surface area contributed by atoms with Gasteiger partial charge in [0.2, 0.25) is 0 Å². The lowest BCUT2D eigenvalue weighted by molar-refractivity contribution is -0.383. The molecule has 2 N–H and O–H groups in total. The van der Waals surface area contributed by atoms with E-state index in [1.165, 1.54) is 30.3 Å². The summed E-state index contributed by atoms with van der Waals surface area (Å²) in [5.41, 5.74) is -0.251. The molecule has 0 heterocycles. The second-order valence-electron chi connectivity index (χ2n) is 6.71. The standard InChI is InChI=1S/C22H18F3N3O4/c23-22(24,25)20(16-9-5-2-6-10-16)26-17-11-12-18(19(13-17)28(30)31)27-21(29)32-14-15-7-3-1-4-8-15/h1-13,20,26H,14H2,(H,27,29). The molecule has 0 spiro atoms. The van der Waals surface area contributed by atoms with Gasteiger partial charge in [0.25, 0.3) is 5.69 Å². The Morgan fingerprint density at radius 2 is 1.62 bits per heavy atom. The maximum absolute atomic E-state index is 13.6. The van der Waals surface area contributed by atoms with Gasteiger partial charge in [-0.1, -0.05) is 60.7 Å². The highest BCUT2D eigenvalue weighted by Crippen LogP contribution is 2.37. The van der Waals surface area contributed by atoms with E-state index in [2.05, 4.69) is 10.6 Å². The summed E-state index contributed by atoms with van der Waals surface area (Å²) >= 11 is 0. The summed E-state index contributed by atoms with van der Waals surface area (Å²) in [6.45, 7) is -0.0511. The van der Waals surface area contributed by atoms with Crippen molar-refractivity contribution in [2.75, 3.05) is 10.6 Å². The number of nitrogens with zero attached hydrogens (tertiary/aromatic N) is 1. The highest BCUT2D eigenvalue weighted by atomic mass is 19.4. The number of nitrogens with one attached hydrogen (secondary N) is 2. The monoisotopic (exact) mass is 445 g/mol. The SMILES string of the molecule is O=C(Nc1ccc(NC(c2ccccc2)C(F)(F)F)cc1[N+](=O)[O-])OCc1ccccc1. The topological polar surface area (TPSA) is 93.5 Å². The first-order valence-electron chi connectivity index (χ1n) is 9.38. The van der Waals surface area contributed by atoms with E-state index in [-0.39, 0.29) is 23.5 Å². The molecule has 0 bridgehead atoms. The molecule has 0 fully saturated rings. The van der Waals surface area contributed by atoms with Gasteiger partial charge in [-0.15, -0.1) is 0 Å². The molecule has 0 aliphatic heterocycles. The molecule has 3 aromatic carbocycles. The van der Waals surface area contributed by atoms with Crippen LogP contribution < -0.4 is 10.6 Å². The zero-order valence-corrected chi connectivity index (χ0v) is 16.5. The van der Waals surface area contributed by atoms with Gasteiger partial charge < -0.3 is 10.1 Å². The van der Waals surface area contributed by atoms with Gasteiger partial charge in [0.05, 0.1) is 4.92 Å². The molecule has 1 atom stereocenters. The zero-order chi connectivity index (χ0) is 23.1. The van der Waals surface area contributed by atoms with Crippen molar-refractivity contribution >= 4 is 23.2 Å². The van der Waals surface area contributed by atoms with E-state index in [0.29, 0.717) is 0 Å². The van der Waals surface area contributed by atoms with E-state index < -0.39 is 28.9 Å². The molecule has 1 unspecified atom stereocenters. The fourth-order valence-corrected chi connectivity index (χ4v) is 2.91. The van der Waals surface area contributed by atoms with Crippen LogP contribution in [0.3, 0.4) is 0 Å². The fraction of sp³-hybridized carbons (Fsp3) is 0.136. The molecule has 1 amide bonds. The van der Waals surface area contributed by atoms with E-state index >= 15 is 0 Å². The molecule has 0 saturated carbocycles. The molecule has 3 rings (SSSR count). The number of nitro benzene ring substituents is 1. The van der Waals surface area contributed by atoms with Crippen LogP contribution in [0, 0.1) is 10.1 Å². The van der Waals surface area contributed by atoms with Crippen LogP contribution >= 0.6 is 0 Å². The molecule has 0 aromatic heterocycles. The van der Waals surface area contributed by atoms with Gasteiger partial charge in [-0.3, -0.25) is 15.4 Å². The minimum absolute atomic E-state index is 0.0469. The van der Waals surface area contributed by atoms with Crippen molar-refractivity contribution < 1.29 is 27.6 Å². The highest BCUT2D eigenvalue weighted by molar-refractivity contribution is 5.88. The molecule has 3 aromatic rings. The number of alkyl halides is 3. The van der Waals surface area contributed by atoms with Gasteiger partial charge in [0.1, 0.15) is 18.3 Å². The van der Waals surface area contributed by atoms with E-state index in [1.807, 2.05) is 0 Å². The van der Waals surface area contributed by atoms with Crippen LogP contribution in [0.15, 0.2) is 78.9 Å². The van der Waals surface area contributed by atoms with Gasteiger partial charge in [0, 0.05) is 11.8 Å². The molecule has 32 heavy (non-hydrogen) atoms. The summed E-state index contributed by atoms with van der Waals surface area (Å²) in [4.78, 5) is 22.7. The van der Waals surface area contributed by atoms with Crippen molar-refractivity contribution in [3.05, 3.63) is 100 Å². The highest BCUT2D eigenvalue weighted by Gasteiger charge is 2.41. The first-order valence-corrected chi connectivity index (χ1v) is 9.38. The van der Waals surface area contributed by atoms with Gasteiger partial charge in [0.15, 0.2) is 0 Å². The third-order valence-corrected chi connectivity index (χ3v) is 4.42. The minimum Gasteiger partial charge on any atom is -0.444 e. The number of anilines is 2. The average Bonchev–Trinajstić information content (AvgIpc) is 2.77. The Bertz CT molecular complexity index is 1080. The zero-order valence-electron chi connectivity index (χ0n) is 16.5. The molecule has 166 valence electrons. The number of hydrogen-bond acceptors (Lipinski definition) is 5. The normalized spacial score (nSPS) is 12.0. The Morgan fingerprint density at radius 3 is 2.22 bits per heavy atom. The first kappa shape index (κ1) is 22.6. The molecule has 10 heteroatoms. The molecular weight excluding hydrogens is 427 g/mol. The predicted molar refractivity (Wildman–Crippen MR) is 112 cm³/mol. The number of carbonyl (C=O) groups is 1. The van der Waals surface area contributed by atoms with Crippen LogP contribution in [0.1, 0.15) is 17.2 Å². The van der Waals surface area contributed by atoms with Gasteiger partial charge >= 0.3 is 12.3 Å². The van der Waals surface area contributed by atoms with E-state index in [0.717, 1.165) is 17.7 Å². The number of halogens is 3. The predicted octanol–water partition coefficient (Wildman–Crippen LogP) is 6.06. The molecular formula is C22H18F3N3O4. The van der Waals surface area contributed by atoms with Crippen LogP contribution in [-0.2, 0) is 11.3 Å². The van der Waals surface area contributed by atoms with Crippen molar-refractivity contribution in [2.24, 2.45) is 0 Å². The summed E-state index contributed by atoms with van der Waals surface area (Å²) in [6, 6.07) is 17.1. The lowest BCUT2D eigenvalue weighted by Crippen LogP contribution is -2.27. The summed E-state index contributed by atoms with van der Waals surface area (Å²) < 4.78 is 45.7. The Morgan fingerprint density at radius 1 is 1.00 bits per heavy atom. The molecule has 0 radical (unpaired) electrons. The number of benzene rings is 3. The van der Waals surface area contributed by atoms with Crippen molar-refractivity contribution in [1.82, 2.24) is 0 Å². The Kier molecular flexibility index (Phi) is 6.93. The molecule has 7 nitrogen and oxygen atoms in total. The smallest absolute Gasteiger partial charge is 0.412 e. The van der Waals surface area contributed by atoms with E-state index in [9.17, 15) is 28.1 Å². The Labute approximate surface area is 181 Å². The van der Waals surface area contributed by atoms with E-state index in [1.54, 1.807) is 36.4 Å². The molecule has 0 saturated heterocycles. The first-order chi connectivity index (χ1) is 15.2. The van der Waals surface area contributed by atoms with Crippen LogP contribution in [0.25, 0.3) is 0 Å². The van der Waals surface area contributed by atoms with Gasteiger partial charge in [-0.05, 0) is 23.3 Å². The number of amides is 1. The third kappa shape index (κ3) is 5.97. The molecule has 0 aliphatic rings. The fourth-order valence-electron chi connectivity index (χ4n) is 2.91. The van der Waals surface area contributed by atoms with Crippen LogP contribution in [0.4, 0.5) is 35.0 Å². The van der Waals surface area contributed by atoms with Gasteiger partial charge in [-0.2, -0.15) is 13.2 Å². The maximum Gasteiger partial charge on any atom is 0.412 e. The van der Waals surface area contributed by atoms with Crippen molar-refractivity contribution in [2.45, 2.75) is 18.8 Å². The summed E-state index contributed by atoms with van der Waals surface area (Å²) in [5.74, 6) is 0. The number of rotatable bonds is 7. The second kappa shape index (κ2) is 9.82. The quantitative estimate of drug-likeness (QED) is 0.341. The van der Waals surface area contributed by atoms with Gasteiger partial charge in [-0.25, -0.2) is 4.79 Å². The largest absolute Gasteiger partial charge is 0.444 e. The van der Waals surface area contributed by atoms with Crippen molar-refractivity contribution in [1.29, 1.82) is 0 Å². The number of hydrogen-bond donors (Lipinski definition) is 2. The second-order valence-corrected chi connectivity index (χ2v) is 6.71. The Hall–Kier alpha value is -4.08. The van der Waals surface area contributed by atoms with Crippen LogP contribution in [0.2, 0.25) is 0 Å². The Balaban J connectivity index is 1.76. The van der Waals surface area contributed by atoms with Crippen LogP contribution in [0.5, 0.6) is 0 Å². The number of nitro groups is 1. The van der Waals surface area contributed by atoms with E-state index in [4.69, 9.17) is 4.74 Å². The lowest BCUT2D eigenvalue weighted by Gasteiger charge is -2.23. The summed E-state index contributed by atoms with van der Waals surface area (Å²) in [7, 11) is 0. The third-order valence-electron chi connectivity index (χ3n) is 4.42. The average molecular weight is 445 g/mol. The lowest BCUT2D eigenvalue weighted by atomic mass is 10.1. The molecule has 0 aliphatic carbocycles. The number of ether oxygens (including phenoxy) is 1. The number of carbonyl (C=O) groups excluding carboxylic acids is 1.